The van der Waals surface area contributed by atoms with E-state index >= 15 is 0 Å². The van der Waals surface area contributed by atoms with Crippen molar-refractivity contribution < 1.29 is 4.74 Å². The molecular weight excluding hydrogens is 260 g/mol. The number of hydrogen-bond donors (Lipinski definition) is 1. The molecule has 0 aliphatic carbocycles. The van der Waals surface area contributed by atoms with E-state index in [0.29, 0.717) is 0 Å². The Balaban J connectivity index is 1.85. The number of hydrogen-bond acceptors (Lipinski definition) is 3. The summed E-state index contributed by atoms with van der Waals surface area (Å²) in [5.41, 5.74) is 4.99. The maximum absolute atomic E-state index is 5.73. The molecule has 0 bridgehead atoms. The molecule has 0 atom stereocenters. The van der Waals surface area contributed by atoms with Gasteiger partial charge >= 0.3 is 0 Å². The quantitative estimate of drug-likeness (QED) is 0.432. The average Bonchev–Trinajstić information content (AvgIpc) is 2.53. The van der Waals surface area contributed by atoms with Gasteiger partial charge in [-0.05, 0) is 36.2 Å². The van der Waals surface area contributed by atoms with Gasteiger partial charge in [-0.25, -0.2) is 0 Å². The molecule has 0 saturated carbocycles. The molecule has 21 heavy (non-hydrogen) atoms. The van der Waals surface area contributed by atoms with Gasteiger partial charge in [0, 0.05) is 0 Å². The molecule has 0 radical (unpaired) electrons. The zero-order chi connectivity index (χ0) is 14.8. The SMILES string of the molecule is CCCCCOc1cccc(/C=N/Nc2ccccc2)c1. The van der Waals surface area contributed by atoms with Crippen LogP contribution in [0.1, 0.15) is 31.7 Å². The zero-order valence-corrected chi connectivity index (χ0v) is 12.5. The summed E-state index contributed by atoms with van der Waals surface area (Å²) in [6, 6.07) is 17.9. The highest BCUT2D eigenvalue weighted by Gasteiger charge is 1.95. The van der Waals surface area contributed by atoms with Crippen molar-refractivity contribution in [1.82, 2.24) is 0 Å². The van der Waals surface area contributed by atoms with Gasteiger partial charge in [-0.1, -0.05) is 50.1 Å². The fourth-order valence-corrected chi connectivity index (χ4v) is 1.92. The van der Waals surface area contributed by atoms with Crippen LogP contribution in [-0.2, 0) is 0 Å². The lowest BCUT2D eigenvalue weighted by Crippen LogP contribution is -1.97. The molecule has 0 saturated heterocycles. The van der Waals surface area contributed by atoms with Gasteiger partial charge in [-0.15, -0.1) is 0 Å². The summed E-state index contributed by atoms with van der Waals surface area (Å²) in [7, 11) is 0. The third-order valence-electron chi connectivity index (χ3n) is 3.06. The summed E-state index contributed by atoms with van der Waals surface area (Å²) in [4.78, 5) is 0. The Bertz CT molecular complexity index is 552. The lowest BCUT2D eigenvalue weighted by Gasteiger charge is -2.06. The van der Waals surface area contributed by atoms with Gasteiger partial charge in [0.1, 0.15) is 5.75 Å². The number of benzene rings is 2. The first-order valence-corrected chi connectivity index (χ1v) is 7.45. The zero-order valence-electron chi connectivity index (χ0n) is 12.5. The molecule has 0 fully saturated rings. The molecule has 3 heteroatoms. The third kappa shape index (κ3) is 5.69. The van der Waals surface area contributed by atoms with Crippen molar-refractivity contribution in [2.45, 2.75) is 26.2 Å². The molecule has 3 nitrogen and oxygen atoms in total. The number of hydrazone groups is 1. The minimum Gasteiger partial charge on any atom is -0.494 e. The molecule has 2 rings (SSSR count). The standard InChI is InChI=1S/C18H22N2O/c1-2-3-7-13-21-18-12-8-9-16(14-18)15-19-20-17-10-5-4-6-11-17/h4-6,8-12,14-15,20H,2-3,7,13H2,1H3/b19-15+. The first-order chi connectivity index (χ1) is 10.4. The van der Waals surface area contributed by atoms with E-state index < -0.39 is 0 Å². The van der Waals surface area contributed by atoms with Gasteiger partial charge < -0.3 is 4.74 Å². The van der Waals surface area contributed by atoms with Crippen LogP contribution in [0.4, 0.5) is 5.69 Å². The van der Waals surface area contributed by atoms with E-state index in [9.17, 15) is 0 Å². The van der Waals surface area contributed by atoms with Crippen molar-refractivity contribution in [3.8, 4) is 5.75 Å². The maximum Gasteiger partial charge on any atom is 0.119 e. The molecule has 0 unspecified atom stereocenters. The monoisotopic (exact) mass is 282 g/mol. The van der Waals surface area contributed by atoms with E-state index in [4.69, 9.17) is 4.74 Å². The number of rotatable bonds is 8. The number of nitrogens with zero attached hydrogens (tertiary/aromatic N) is 1. The molecule has 0 heterocycles. The van der Waals surface area contributed by atoms with Crippen LogP contribution in [0.25, 0.3) is 0 Å². The fraction of sp³-hybridized carbons (Fsp3) is 0.278. The van der Waals surface area contributed by atoms with E-state index in [1.165, 1.54) is 12.8 Å². The van der Waals surface area contributed by atoms with Gasteiger partial charge in [-0.3, -0.25) is 5.43 Å². The van der Waals surface area contributed by atoms with Crippen molar-refractivity contribution in [2.75, 3.05) is 12.0 Å². The van der Waals surface area contributed by atoms with E-state index in [2.05, 4.69) is 17.5 Å². The van der Waals surface area contributed by atoms with Crippen LogP contribution < -0.4 is 10.2 Å². The Morgan fingerprint density at radius 1 is 1.05 bits per heavy atom. The van der Waals surface area contributed by atoms with Crippen LogP contribution in [0, 0.1) is 0 Å². The predicted molar refractivity (Wildman–Crippen MR) is 89.1 cm³/mol. The second kappa shape index (κ2) is 8.80. The van der Waals surface area contributed by atoms with Gasteiger partial charge in [0.2, 0.25) is 0 Å². The largest absolute Gasteiger partial charge is 0.494 e. The molecule has 2 aromatic carbocycles. The maximum atomic E-state index is 5.73. The van der Waals surface area contributed by atoms with Crippen molar-refractivity contribution in [2.24, 2.45) is 5.10 Å². The molecule has 0 amide bonds. The molecule has 0 spiro atoms. The second-order valence-electron chi connectivity index (χ2n) is 4.86. The van der Waals surface area contributed by atoms with E-state index in [0.717, 1.165) is 30.0 Å². The Morgan fingerprint density at radius 3 is 2.71 bits per heavy atom. The smallest absolute Gasteiger partial charge is 0.119 e. The number of nitrogens with one attached hydrogen (secondary N) is 1. The Kier molecular flexibility index (Phi) is 6.33. The normalized spacial score (nSPS) is 10.7. The average molecular weight is 282 g/mol. The van der Waals surface area contributed by atoms with E-state index in [-0.39, 0.29) is 0 Å². The van der Waals surface area contributed by atoms with Gasteiger partial charge in [0.15, 0.2) is 0 Å². The molecule has 0 aliphatic heterocycles. The summed E-state index contributed by atoms with van der Waals surface area (Å²) in [6.45, 7) is 2.97. The first kappa shape index (κ1) is 15.1. The minimum atomic E-state index is 0.775. The molecule has 0 aromatic heterocycles. The third-order valence-corrected chi connectivity index (χ3v) is 3.06. The number of para-hydroxylation sites is 1. The lowest BCUT2D eigenvalue weighted by atomic mass is 10.2. The summed E-state index contributed by atoms with van der Waals surface area (Å²) in [5, 5.41) is 4.23. The highest BCUT2D eigenvalue weighted by Crippen LogP contribution is 2.13. The van der Waals surface area contributed by atoms with Crippen LogP contribution in [0.2, 0.25) is 0 Å². The number of ether oxygens (including phenoxy) is 1. The Labute approximate surface area is 126 Å². The van der Waals surface area contributed by atoms with Crippen molar-refractivity contribution in [3.05, 3.63) is 60.2 Å². The predicted octanol–water partition coefficient (Wildman–Crippen LogP) is 4.70. The van der Waals surface area contributed by atoms with Crippen LogP contribution in [0.5, 0.6) is 5.75 Å². The summed E-state index contributed by atoms with van der Waals surface area (Å²) < 4.78 is 5.73. The van der Waals surface area contributed by atoms with Crippen molar-refractivity contribution in [1.29, 1.82) is 0 Å². The molecule has 1 N–H and O–H groups in total. The summed E-state index contributed by atoms with van der Waals surface area (Å²) in [6.07, 6.45) is 5.32. The number of anilines is 1. The van der Waals surface area contributed by atoms with Crippen LogP contribution in [0.3, 0.4) is 0 Å². The number of unbranched alkanes of at least 4 members (excludes halogenated alkanes) is 2. The summed E-state index contributed by atoms with van der Waals surface area (Å²) >= 11 is 0. The highest BCUT2D eigenvalue weighted by molar-refractivity contribution is 5.80. The topological polar surface area (TPSA) is 33.6 Å². The van der Waals surface area contributed by atoms with Gasteiger partial charge in [-0.2, -0.15) is 5.10 Å². The molecular formula is C18H22N2O. The van der Waals surface area contributed by atoms with Crippen LogP contribution in [-0.4, -0.2) is 12.8 Å². The first-order valence-electron chi connectivity index (χ1n) is 7.45. The molecule has 110 valence electrons. The van der Waals surface area contributed by atoms with Gasteiger partial charge in [0.25, 0.3) is 0 Å². The molecule has 0 aliphatic rings. The Hall–Kier alpha value is -2.29. The lowest BCUT2D eigenvalue weighted by molar-refractivity contribution is 0.306. The van der Waals surface area contributed by atoms with Crippen molar-refractivity contribution in [3.63, 3.8) is 0 Å². The minimum absolute atomic E-state index is 0.775. The summed E-state index contributed by atoms with van der Waals surface area (Å²) in [5.74, 6) is 0.898. The second-order valence-corrected chi connectivity index (χ2v) is 4.86. The Morgan fingerprint density at radius 2 is 1.90 bits per heavy atom. The van der Waals surface area contributed by atoms with Crippen LogP contribution in [0.15, 0.2) is 59.7 Å². The highest BCUT2D eigenvalue weighted by atomic mass is 16.5. The van der Waals surface area contributed by atoms with Crippen molar-refractivity contribution >= 4 is 11.9 Å². The van der Waals surface area contributed by atoms with E-state index in [1.807, 2.05) is 54.6 Å². The molecule has 2 aromatic rings. The van der Waals surface area contributed by atoms with E-state index in [1.54, 1.807) is 6.21 Å². The van der Waals surface area contributed by atoms with Gasteiger partial charge in [0.05, 0.1) is 18.5 Å². The fourth-order valence-electron chi connectivity index (χ4n) is 1.92. The van der Waals surface area contributed by atoms with Crippen LogP contribution >= 0.6 is 0 Å².